The number of carbonyl (C=O) groups excluding carboxylic acids is 1. The van der Waals surface area contributed by atoms with Crippen LogP contribution < -0.4 is 14.8 Å². The molecule has 2 fully saturated rings. The van der Waals surface area contributed by atoms with Crippen molar-refractivity contribution in [2.45, 2.75) is 43.7 Å². The summed E-state index contributed by atoms with van der Waals surface area (Å²) >= 11 is 0. The van der Waals surface area contributed by atoms with Gasteiger partial charge in [0.15, 0.2) is 11.5 Å². The molecule has 1 aliphatic carbocycles. The van der Waals surface area contributed by atoms with Gasteiger partial charge in [-0.25, -0.2) is 0 Å². The zero-order valence-corrected chi connectivity index (χ0v) is 19.5. The van der Waals surface area contributed by atoms with Gasteiger partial charge in [-0.1, -0.05) is 18.9 Å². The first kappa shape index (κ1) is 24.0. The fourth-order valence-corrected chi connectivity index (χ4v) is 5.45. The summed E-state index contributed by atoms with van der Waals surface area (Å²) in [4.78, 5) is 25.5. The largest absolute Gasteiger partial charge is 0.493 e. The Balaban J connectivity index is 1.58. The van der Waals surface area contributed by atoms with Gasteiger partial charge in [0.25, 0.3) is 5.69 Å². The highest BCUT2D eigenvalue weighted by molar-refractivity contribution is 5.92. The number of amides is 1. The number of rotatable bonds is 7. The van der Waals surface area contributed by atoms with E-state index in [-0.39, 0.29) is 30.1 Å². The molecule has 0 spiro atoms. The van der Waals surface area contributed by atoms with Crippen LogP contribution >= 0.6 is 0 Å². The van der Waals surface area contributed by atoms with Crippen LogP contribution in [0.5, 0.6) is 11.5 Å². The lowest BCUT2D eigenvalue weighted by Gasteiger charge is -2.52. The summed E-state index contributed by atoms with van der Waals surface area (Å²) in [7, 11) is 3.18. The summed E-state index contributed by atoms with van der Waals surface area (Å²) in [6.45, 7) is 0.724. The number of carbonyl (C=O) groups is 1. The predicted octanol–water partition coefficient (Wildman–Crippen LogP) is 3.92. The van der Waals surface area contributed by atoms with Gasteiger partial charge in [-0.05, 0) is 49.1 Å². The number of hydrogen-bond acceptors (Lipinski definition) is 7. The molecule has 2 N–H and O–H groups in total. The minimum absolute atomic E-state index is 0.000255. The maximum absolute atomic E-state index is 12.9. The van der Waals surface area contributed by atoms with Crippen LogP contribution in [0.25, 0.3) is 0 Å². The molecular weight excluding hydrogens is 438 g/mol. The summed E-state index contributed by atoms with van der Waals surface area (Å²) in [6, 6.07) is 11.4. The molecule has 1 aliphatic heterocycles. The molecule has 3 atom stereocenters. The number of nitrogens with zero attached hydrogens (tertiary/aromatic N) is 2. The van der Waals surface area contributed by atoms with E-state index in [0.717, 1.165) is 31.2 Å². The van der Waals surface area contributed by atoms with Gasteiger partial charge in [0.05, 0.1) is 31.3 Å². The first-order valence-electron chi connectivity index (χ1n) is 11.6. The Morgan fingerprint density at radius 2 is 1.88 bits per heavy atom. The number of aliphatic hydroxyl groups is 1. The maximum Gasteiger partial charge on any atom is 0.269 e. The number of methoxy groups -OCH3 is 2. The minimum atomic E-state index is -0.749. The van der Waals surface area contributed by atoms with E-state index in [1.807, 2.05) is 18.2 Å². The van der Waals surface area contributed by atoms with Crippen LogP contribution in [0.1, 0.15) is 43.7 Å². The molecule has 1 saturated carbocycles. The average molecular weight is 470 g/mol. The predicted molar refractivity (Wildman–Crippen MR) is 127 cm³/mol. The Morgan fingerprint density at radius 1 is 1.15 bits per heavy atom. The number of nitro benzene ring substituents is 1. The topological polar surface area (TPSA) is 114 Å². The average Bonchev–Trinajstić information content (AvgIpc) is 2.84. The third-order valence-electron chi connectivity index (χ3n) is 7.13. The van der Waals surface area contributed by atoms with E-state index in [1.54, 1.807) is 14.2 Å². The lowest BCUT2D eigenvalue weighted by molar-refractivity contribution is -0.384. The molecule has 34 heavy (non-hydrogen) atoms. The van der Waals surface area contributed by atoms with Gasteiger partial charge in [0.1, 0.15) is 0 Å². The van der Waals surface area contributed by atoms with Crippen molar-refractivity contribution in [1.29, 1.82) is 0 Å². The number of nitrogens with one attached hydrogen (secondary N) is 1. The quantitative estimate of drug-likeness (QED) is 0.467. The van der Waals surface area contributed by atoms with Crippen molar-refractivity contribution < 1.29 is 24.3 Å². The number of benzene rings is 2. The minimum Gasteiger partial charge on any atom is -0.493 e. The molecule has 4 rings (SSSR count). The summed E-state index contributed by atoms with van der Waals surface area (Å²) in [5.74, 6) is 1.03. The van der Waals surface area contributed by atoms with Crippen LogP contribution in [-0.2, 0) is 4.79 Å². The van der Waals surface area contributed by atoms with Gasteiger partial charge in [0, 0.05) is 36.3 Å². The summed E-state index contributed by atoms with van der Waals surface area (Å²) in [5.41, 5.74) is 0.705. The lowest BCUT2D eigenvalue weighted by atomic mass is 9.66. The van der Waals surface area contributed by atoms with Crippen molar-refractivity contribution >= 4 is 17.3 Å². The van der Waals surface area contributed by atoms with Gasteiger partial charge in [0.2, 0.25) is 5.91 Å². The van der Waals surface area contributed by atoms with Gasteiger partial charge < -0.3 is 19.9 Å². The monoisotopic (exact) mass is 469 g/mol. The number of likely N-dealkylation sites (tertiary alicyclic amines) is 1. The molecule has 9 heteroatoms. The molecule has 1 saturated heterocycles. The van der Waals surface area contributed by atoms with Gasteiger partial charge >= 0.3 is 0 Å². The fraction of sp³-hybridized carbons (Fsp3) is 0.480. The third kappa shape index (κ3) is 4.85. The van der Waals surface area contributed by atoms with E-state index < -0.39 is 10.5 Å². The Morgan fingerprint density at radius 3 is 2.56 bits per heavy atom. The lowest BCUT2D eigenvalue weighted by Crippen LogP contribution is -2.56. The van der Waals surface area contributed by atoms with Crippen LogP contribution in [0.15, 0.2) is 42.5 Å². The second-order valence-electron chi connectivity index (χ2n) is 9.09. The normalized spacial score (nSPS) is 24.7. The molecule has 0 aromatic heterocycles. The number of nitro groups is 1. The van der Waals surface area contributed by atoms with Crippen LogP contribution in [0.4, 0.5) is 11.4 Å². The highest BCUT2D eigenvalue weighted by Crippen LogP contribution is 2.50. The molecule has 1 amide bonds. The Kier molecular flexibility index (Phi) is 7.04. The van der Waals surface area contributed by atoms with Crippen LogP contribution in [-0.4, -0.2) is 53.7 Å². The van der Waals surface area contributed by atoms with Crippen LogP contribution in [0, 0.1) is 16.0 Å². The maximum atomic E-state index is 12.9. The van der Waals surface area contributed by atoms with E-state index in [9.17, 15) is 20.0 Å². The van der Waals surface area contributed by atoms with Gasteiger partial charge in [-0.15, -0.1) is 0 Å². The highest BCUT2D eigenvalue weighted by Gasteiger charge is 2.49. The smallest absolute Gasteiger partial charge is 0.269 e. The zero-order chi connectivity index (χ0) is 24.3. The number of hydrogen-bond donors (Lipinski definition) is 2. The summed E-state index contributed by atoms with van der Waals surface area (Å²) < 4.78 is 10.9. The number of non-ortho nitro benzene ring substituents is 1. The second-order valence-corrected chi connectivity index (χ2v) is 9.09. The number of ether oxygens (including phenoxy) is 2. The molecule has 182 valence electrons. The number of piperidine rings is 1. The van der Waals surface area contributed by atoms with E-state index in [1.165, 1.54) is 24.3 Å². The second kappa shape index (κ2) is 9.99. The molecule has 0 unspecified atom stereocenters. The van der Waals surface area contributed by atoms with E-state index >= 15 is 0 Å². The molecule has 2 aromatic carbocycles. The van der Waals surface area contributed by atoms with Crippen molar-refractivity contribution in [3.63, 3.8) is 0 Å². The van der Waals surface area contributed by atoms with E-state index in [0.29, 0.717) is 30.2 Å². The Bertz CT molecular complexity index is 1040. The van der Waals surface area contributed by atoms with Crippen molar-refractivity contribution in [2.75, 3.05) is 32.6 Å². The first-order valence-corrected chi connectivity index (χ1v) is 11.6. The van der Waals surface area contributed by atoms with E-state index in [2.05, 4.69) is 10.2 Å². The van der Waals surface area contributed by atoms with Gasteiger partial charge in [-0.2, -0.15) is 0 Å². The van der Waals surface area contributed by atoms with Crippen LogP contribution in [0.2, 0.25) is 0 Å². The van der Waals surface area contributed by atoms with Crippen molar-refractivity contribution in [1.82, 2.24) is 4.90 Å². The van der Waals surface area contributed by atoms with Crippen molar-refractivity contribution in [2.24, 2.45) is 5.92 Å². The standard InChI is InChI=1S/C25H31N3O6/c1-33-21-11-6-17(15-22(21)34-2)24-20-5-3-4-12-25(20,30)13-14-27(24)16-23(29)26-18-7-9-19(10-8-18)28(31)32/h6-11,15,20,24,30H,3-5,12-14,16H2,1-2H3,(H,26,29)/t20-,24-,25-/m0/s1. The van der Waals surface area contributed by atoms with Crippen LogP contribution in [0.3, 0.4) is 0 Å². The van der Waals surface area contributed by atoms with E-state index in [4.69, 9.17) is 9.47 Å². The Hall–Kier alpha value is -3.17. The molecule has 9 nitrogen and oxygen atoms in total. The molecule has 2 aromatic rings. The van der Waals surface area contributed by atoms with Gasteiger partial charge in [-0.3, -0.25) is 19.8 Å². The molecule has 0 bridgehead atoms. The number of anilines is 1. The zero-order valence-electron chi connectivity index (χ0n) is 19.5. The fourth-order valence-electron chi connectivity index (χ4n) is 5.45. The summed E-state index contributed by atoms with van der Waals surface area (Å²) in [5, 5.41) is 25.2. The number of fused-ring (bicyclic) bond motifs is 1. The molecular formula is C25H31N3O6. The molecule has 2 aliphatic rings. The molecule has 1 heterocycles. The Labute approximate surface area is 198 Å². The van der Waals surface area contributed by atoms with Crippen molar-refractivity contribution in [3.05, 3.63) is 58.1 Å². The molecule has 0 radical (unpaired) electrons. The highest BCUT2D eigenvalue weighted by atomic mass is 16.6. The SMILES string of the molecule is COc1ccc([C@H]2[C@@H]3CCCC[C@]3(O)CCN2CC(=O)Nc2ccc([N+](=O)[O-])cc2)cc1OC. The summed E-state index contributed by atoms with van der Waals surface area (Å²) in [6.07, 6.45) is 4.32. The third-order valence-corrected chi connectivity index (χ3v) is 7.13. The van der Waals surface area contributed by atoms with Crippen molar-refractivity contribution in [3.8, 4) is 11.5 Å². The first-order chi connectivity index (χ1) is 16.3.